The Kier molecular flexibility index (Phi) is 1.77. The quantitative estimate of drug-likeness (QED) is 0.501. The summed E-state index contributed by atoms with van der Waals surface area (Å²) < 4.78 is 0. The Balaban J connectivity index is 2.40. The van der Waals surface area contributed by atoms with Crippen LogP contribution >= 0.6 is 11.3 Å². The zero-order chi connectivity index (χ0) is 9.42. The van der Waals surface area contributed by atoms with Crippen LogP contribution in [-0.4, -0.2) is 11.8 Å². The van der Waals surface area contributed by atoms with Gasteiger partial charge in [-0.05, 0) is 11.4 Å². The number of carbonyl (C=O) groups excluding carboxylic acids is 2. The lowest BCUT2D eigenvalue weighted by atomic mass is 10.3. The van der Waals surface area contributed by atoms with Gasteiger partial charge in [0.25, 0.3) is 5.91 Å². The van der Waals surface area contributed by atoms with Crippen molar-refractivity contribution in [2.75, 3.05) is 4.90 Å². The van der Waals surface area contributed by atoms with Crippen LogP contribution < -0.4 is 4.90 Å². The molecule has 0 saturated carbocycles. The van der Waals surface area contributed by atoms with Crippen molar-refractivity contribution < 1.29 is 9.59 Å². The molecular formula is C9H7NO2S. The van der Waals surface area contributed by atoms with Crippen LogP contribution in [0.2, 0.25) is 0 Å². The van der Waals surface area contributed by atoms with Gasteiger partial charge in [-0.25, -0.2) is 4.90 Å². The van der Waals surface area contributed by atoms with Crippen LogP contribution in [0.15, 0.2) is 29.0 Å². The maximum atomic E-state index is 11.4. The highest BCUT2D eigenvalue weighted by Gasteiger charge is 2.33. The molecule has 0 unspecified atom stereocenters. The molecule has 4 heteroatoms. The van der Waals surface area contributed by atoms with Crippen molar-refractivity contribution >= 4 is 28.8 Å². The summed E-state index contributed by atoms with van der Waals surface area (Å²) in [5.74, 6) is -0.461. The van der Waals surface area contributed by atoms with Crippen molar-refractivity contribution in [2.45, 2.75) is 6.42 Å². The molecule has 13 heavy (non-hydrogen) atoms. The zero-order valence-corrected chi connectivity index (χ0v) is 7.63. The Hall–Kier alpha value is -1.42. The zero-order valence-electron chi connectivity index (χ0n) is 6.82. The molecule has 1 aliphatic heterocycles. The van der Waals surface area contributed by atoms with Gasteiger partial charge in [0.15, 0.2) is 0 Å². The van der Waals surface area contributed by atoms with E-state index in [1.54, 1.807) is 11.4 Å². The van der Waals surface area contributed by atoms with Gasteiger partial charge in [0, 0.05) is 11.0 Å². The largest absolute Gasteiger partial charge is 0.274 e. The first-order valence-corrected chi connectivity index (χ1v) is 4.71. The Morgan fingerprint density at radius 3 is 2.69 bits per heavy atom. The topological polar surface area (TPSA) is 37.4 Å². The van der Waals surface area contributed by atoms with Crippen LogP contribution in [0.4, 0.5) is 5.69 Å². The molecule has 0 bridgehead atoms. The minimum absolute atomic E-state index is 0.147. The molecular weight excluding hydrogens is 186 g/mol. The van der Waals surface area contributed by atoms with Gasteiger partial charge in [-0.15, -0.1) is 0 Å². The van der Waals surface area contributed by atoms with E-state index >= 15 is 0 Å². The van der Waals surface area contributed by atoms with Crippen LogP contribution in [0, 0.1) is 0 Å². The highest BCUT2D eigenvalue weighted by Crippen LogP contribution is 2.26. The van der Waals surface area contributed by atoms with Gasteiger partial charge in [0.2, 0.25) is 5.91 Å². The lowest BCUT2D eigenvalue weighted by molar-refractivity contribution is -0.120. The number of rotatable bonds is 1. The smallest absolute Gasteiger partial charge is 0.260 e. The monoisotopic (exact) mass is 193 g/mol. The van der Waals surface area contributed by atoms with Gasteiger partial charge in [0.05, 0.1) is 12.1 Å². The normalized spacial score (nSPS) is 17.2. The third-order valence-corrected chi connectivity index (χ3v) is 2.55. The summed E-state index contributed by atoms with van der Waals surface area (Å²) in [5.41, 5.74) is 1.02. The summed E-state index contributed by atoms with van der Waals surface area (Å²) >= 11 is 1.46. The number of carbonyl (C=O) groups is 2. The molecule has 2 heterocycles. The predicted octanol–water partition coefficient (Wildman–Crippen LogP) is 1.57. The fourth-order valence-electron chi connectivity index (χ4n) is 1.25. The molecule has 0 atom stereocenters. The van der Waals surface area contributed by atoms with E-state index in [4.69, 9.17) is 0 Å². The summed E-state index contributed by atoms with van der Waals surface area (Å²) in [6.07, 6.45) is 0.147. The first-order valence-electron chi connectivity index (χ1n) is 3.77. The lowest BCUT2D eigenvalue weighted by Crippen LogP contribution is -2.28. The number of hydrogen-bond acceptors (Lipinski definition) is 3. The number of imide groups is 1. The maximum absolute atomic E-state index is 11.4. The van der Waals surface area contributed by atoms with E-state index in [0.717, 1.165) is 0 Å². The van der Waals surface area contributed by atoms with Crippen molar-refractivity contribution in [2.24, 2.45) is 0 Å². The van der Waals surface area contributed by atoms with Crippen LogP contribution in [0.3, 0.4) is 0 Å². The molecule has 0 spiro atoms. The fraction of sp³-hybridized carbons (Fsp3) is 0.111. The summed E-state index contributed by atoms with van der Waals surface area (Å²) in [6.45, 7) is 3.54. The lowest BCUT2D eigenvalue weighted by Gasteiger charge is -2.09. The van der Waals surface area contributed by atoms with Gasteiger partial charge in [-0.1, -0.05) is 6.58 Å². The van der Waals surface area contributed by atoms with Crippen LogP contribution in [-0.2, 0) is 9.59 Å². The van der Waals surface area contributed by atoms with E-state index < -0.39 is 0 Å². The standard InChI is InChI=1S/C9H7NO2S/c1-6-4-8(11)10(9(6)12)7-2-3-13-5-7/h2-3,5H,1,4H2. The van der Waals surface area contributed by atoms with Crippen molar-refractivity contribution in [3.8, 4) is 0 Å². The molecule has 1 aromatic heterocycles. The van der Waals surface area contributed by atoms with E-state index in [9.17, 15) is 9.59 Å². The predicted molar refractivity (Wildman–Crippen MR) is 50.6 cm³/mol. The summed E-state index contributed by atoms with van der Waals surface area (Å²) in [5, 5.41) is 3.60. The molecule has 66 valence electrons. The van der Waals surface area contributed by atoms with Crippen LogP contribution in [0.25, 0.3) is 0 Å². The van der Waals surface area contributed by atoms with Gasteiger partial charge in [-0.2, -0.15) is 11.3 Å². The Labute approximate surface area is 79.3 Å². The highest BCUT2D eigenvalue weighted by molar-refractivity contribution is 7.08. The molecule has 0 N–H and O–H groups in total. The van der Waals surface area contributed by atoms with E-state index in [-0.39, 0.29) is 18.2 Å². The Bertz CT molecular complexity index is 380. The minimum atomic E-state index is -0.275. The number of nitrogens with zero attached hydrogens (tertiary/aromatic N) is 1. The second-order valence-corrected chi connectivity index (χ2v) is 3.58. The molecule has 0 radical (unpaired) electrons. The van der Waals surface area contributed by atoms with E-state index in [1.807, 2.05) is 5.38 Å². The SMILES string of the molecule is C=C1CC(=O)N(c2ccsc2)C1=O. The second-order valence-electron chi connectivity index (χ2n) is 2.80. The average Bonchev–Trinajstić information content (AvgIpc) is 2.63. The van der Waals surface area contributed by atoms with Crippen molar-refractivity contribution in [3.63, 3.8) is 0 Å². The van der Waals surface area contributed by atoms with Gasteiger partial charge in [-0.3, -0.25) is 9.59 Å². The minimum Gasteiger partial charge on any atom is -0.274 e. The average molecular weight is 193 g/mol. The van der Waals surface area contributed by atoms with Gasteiger partial charge < -0.3 is 0 Å². The Morgan fingerprint density at radius 2 is 2.23 bits per heavy atom. The highest BCUT2D eigenvalue weighted by atomic mass is 32.1. The van der Waals surface area contributed by atoms with Gasteiger partial charge in [0.1, 0.15) is 0 Å². The van der Waals surface area contributed by atoms with E-state index in [1.165, 1.54) is 16.2 Å². The van der Waals surface area contributed by atoms with E-state index in [0.29, 0.717) is 11.3 Å². The maximum Gasteiger partial charge on any atom is 0.260 e. The first-order chi connectivity index (χ1) is 6.20. The van der Waals surface area contributed by atoms with Gasteiger partial charge >= 0.3 is 0 Å². The van der Waals surface area contributed by atoms with Crippen molar-refractivity contribution in [3.05, 3.63) is 29.0 Å². The number of thiophene rings is 1. The molecule has 1 aromatic rings. The number of anilines is 1. The summed E-state index contributed by atoms with van der Waals surface area (Å²) in [7, 11) is 0. The van der Waals surface area contributed by atoms with Crippen LogP contribution in [0.5, 0.6) is 0 Å². The third-order valence-electron chi connectivity index (χ3n) is 1.88. The summed E-state index contributed by atoms with van der Waals surface area (Å²) in [6, 6.07) is 1.75. The van der Waals surface area contributed by atoms with E-state index in [2.05, 4.69) is 6.58 Å². The molecule has 1 saturated heterocycles. The fourth-order valence-corrected chi connectivity index (χ4v) is 1.87. The number of hydrogen-bond donors (Lipinski definition) is 0. The van der Waals surface area contributed by atoms with Crippen LogP contribution in [0.1, 0.15) is 6.42 Å². The molecule has 0 aliphatic carbocycles. The molecule has 1 fully saturated rings. The Morgan fingerprint density at radius 1 is 1.46 bits per heavy atom. The molecule has 0 aromatic carbocycles. The molecule has 1 aliphatic rings. The number of amides is 2. The second kappa shape index (κ2) is 2.81. The summed E-state index contributed by atoms with van der Waals surface area (Å²) in [4.78, 5) is 23.9. The van der Waals surface area contributed by atoms with Crippen molar-refractivity contribution in [1.29, 1.82) is 0 Å². The van der Waals surface area contributed by atoms with Crippen molar-refractivity contribution in [1.82, 2.24) is 0 Å². The molecule has 2 rings (SSSR count). The first kappa shape index (κ1) is 8.19. The third kappa shape index (κ3) is 1.19. The molecule has 2 amide bonds. The molecule has 3 nitrogen and oxygen atoms in total.